The van der Waals surface area contributed by atoms with E-state index in [1.54, 1.807) is 35.5 Å². The summed E-state index contributed by atoms with van der Waals surface area (Å²) >= 11 is 4.87. The molecule has 3 aliphatic rings. The average Bonchev–Trinajstić information content (AvgIpc) is 3.12. The summed E-state index contributed by atoms with van der Waals surface area (Å²) < 4.78 is 21.4. The Morgan fingerprint density at radius 1 is 0.656 bits per heavy atom. The van der Waals surface area contributed by atoms with E-state index in [4.69, 9.17) is 30.5 Å². The van der Waals surface area contributed by atoms with Crippen molar-refractivity contribution in [3.63, 3.8) is 0 Å². The van der Waals surface area contributed by atoms with E-state index in [-0.39, 0.29) is 70.1 Å². The average molecular weight is 964 g/mol. The van der Waals surface area contributed by atoms with Crippen molar-refractivity contribution in [2.75, 3.05) is 39.3 Å². The molecule has 61 heavy (non-hydrogen) atoms. The van der Waals surface area contributed by atoms with Crippen molar-refractivity contribution in [1.29, 1.82) is 0 Å². The monoisotopic (exact) mass is 961 g/mol. The summed E-state index contributed by atoms with van der Waals surface area (Å²) in [6.45, 7) is 38.9. The zero-order valence-corrected chi connectivity index (χ0v) is 43.6. The van der Waals surface area contributed by atoms with E-state index in [0.717, 1.165) is 12.8 Å². The van der Waals surface area contributed by atoms with Gasteiger partial charge in [0.15, 0.2) is 0 Å². The summed E-state index contributed by atoms with van der Waals surface area (Å²) in [6, 6.07) is 0. The minimum Gasteiger partial charge on any atom is -1.00 e. The van der Waals surface area contributed by atoms with Crippen molar-refractivity contribution in [1.82, 2.24) is 14.7 Å². The van der Waals surface area contributed by atoms with Crippen molar-refractivity contribution in [2.45, 2.75) is 176 Å². The van der Waals surface area contributed by atoms with Crippen molar-refractivity contribution in [3.05, 3.63) is 31.2 Å². The van der Waals surface area contributed by atoms with Crippen LogP contribution >= 0.6 is 11.6 Å². The van der Waals surface area contributed by atoms with Gasteiger partial charge in [0, 0.05) is 76.1 Å². The molecular formula is C44H77BrClMgN3O11. The number of halogens is 2. The molecular weight excluding hydrogens is 886 g/mol. The van der Waals surface area contributed by atoms with Gasteiger partial charge in [0.1, 0.15) is 28.2 Å². The summed E-state index contributed by atoms with van der Waals surface area (Å²) in [5.41, 5.74) is -1.70. The van der Waals surface area contributed by atoms with Gasteiger partial charge in [-0.2, -0.15) is 6.92 Å². The number of piperidine rings is 3. The molecule has 0 radical (unpaired) electrons. The maximum atomic E-state index is 12.0. The number of aliphatic hydroxyl groups is 1. The van der Waals surface area contributed by atoms with Gasteiger partial charge in [0.2, 0.25) is 5.24 Å². The standard InChI is InChI=1S/C16H27NO4.C12H23NO3.C10H17NO3.C4H5ClO.C2H5.BrH.Mg/c1-7-16(20-13(18)12(2)3)8-10-17(11-9-16)14(19)21-15(4,5)6;1-5-12(15)6-8-13(9-7-12)10(14)16-11(2,3)4;1-10(2,3)14-9(13)11-6-4-8(12)5-7-11;1-3(2)4(5)6;1-2;;/h2,7-11H2,1,3-6H3;15H,5-9H2,1-4H3;4-7H2,1-3H3;1H2,2H3;1H2,2H3;1H;/q;;;;-1;;+2/p-1. The summed E-state index contributed by atoms with van der Waals surface area (Å²) in [4.78, 5) is 72.7. The fourth-order valence-corrected chi connectivity index (χ4v) is 5.29. The number of Topliss-reactive ketones (excluding diaryl/α,β-unsaturated/α-hetero) is 1. The maximum absolute atomic E-state index is 12.0. The summed E-state index contributed by atoms with van der Waals surface area (Å²) in [5.74, 6) is -0.132. The summed E-state index contributed by atoms with van der Waals surface area (Å²) in [6.07, 6.45) is 4.03. The molecule has 3 saturated heterocycles. The molecule has 0 bridgehead atoms. The summed E-state index contributed by atoms with van der Waals surface area (Å²) in [7, 11) is 0. The molecule has 0 aromatic carbocycles. The minimum absolute atomic E-state index is 0. The Morgan fingerprint density at radius 2 is 0.951 bits per heavy atom. The van der Waals surface area contributed by atoms with Gasteiger partial charge in [-0.05, 0) is 113 Å². The Bertz CT molecular complexity index is 1390. The van der Waals surface area contributed by atoms with Crippen LogP contribution in [0.25, 0.3) is 0 Å². The fourth-order valence-electron chi connectivity index (χ4n) is 5.29. The molecule has 3 amide bonds. The Balaban J connectivity index is -0.000000367. The van der Waals surface area contributed by atoms with E-state index in [0.29, 0.717) is 88.9 Å². The first kappa shape index (κ1) is 65.2. The Hall–Kier alpha value is -2.40. The van der Waals surface area contributed by atoms with Crippen molar-refractivity contribution < 1.29 is 69.8 Å². The predicted octanol–water partition coefficient (Wildman–Crippen LogP) is 5.82. The second-order valence-electron chi connectivity index (χ2n) is 17.8. The zero-order valence-electron chi connectivity index (χ0n) is 39.9. The van der Waals surface area contributed by atoms with Crippen molar-refractivity contribution in [2.24, 2.45) is 0 Å². The number of amides is 3. The number of ketones is 1. The number of hydrogen-bond acceptors (Lipinski definition) is 11. The number of esters is 1. The normalized spacial score (nSPS) is 16.7. The molecule has 0 aliphatic carbocycles. The summed E-state index contributed by atoms with van der Waals surface area (Å²) in [5, 5.41) is 9.57. The van der Waals surface area contributed by atoms with Crippen LogP contribution in [0, 0.1) is 6.92 Å². The Morgan fingerprint density at radius 3 is 1.20 bits per heavy atom. The fraction of sp³-hybridized carbons (Fsp3) is 0.750. The molecule has 0 aromatic heterocycles. The third-order valence-electron chi connectivity index (χ3n) is 8.94. The number of ether oxygens (including phenoxy) is 4. The topological polar surface area (TPSA) is 169 Å². The van der Waals surface area contributed by atoms with Gasteiger partial charge in [0.25, 0.3) is 0 Å². The van der Waals surface area contributed by atoms with Crippen LogP contribution in [0.4, 0.5) is 14.4 Å². The second kappa shape index (κ2) is 29.9. The first-order valence-corrected chi connectivity index (χ1v) is 20.9. The van der Waals surface area contributed by atoms with Crippen molar-refractivity contribution >= 4 is 69.9 Å². The number of hydrogen-bond donors (Lipinski definition) is 1. The van der Waals surface area contributed by atoms with Gasteiger partial charge in [-0.25, -0.2) is 19.2 Å². The van der Waals surface area contributed by atoms with Crippen LogP contribution in [0.2, 0.25) is 0 Å². The molecule has 350 valence electrons. The molecule has 3 heterocycles. The van der Waals surface area contributed by atoms with Gasteiger partial charge < -0.3 is 62.7 Å². The SMILES string of the molecule is C=C(C)C(=O)Cl.C=C(C)C(=O)OC1(CC)CCN(C(=O)OC(C)(C)C)CC1.CC(C)(C)OC(=O)N1CCC(=O)CC1.CCC1(O)CCN(C(=O)OC(C)(C)C)CC1.[Br-].[CH2-]C.[Mg+2]. The molecule has 0 aromatic rings. The number of carbonyl (C=O) groups excluding carboxylic acids is 6. The molecule has 0 spiro atoms. The van der Waals surface area contributed by atoms with E-state index < -0.39 is 33.2 Å². The number of rotatable bonds is 5. The quantitative estimate of drug-likeness (QED) is 0.0881. The molecule has 0 atom stereocenters. The number of likely N-dealkylation sites (tertiary alicyclic amines) is 3. The number of allylic oxidation sites excluding steroid dienone is 1. The first-order valence-electron chi connectivity index (χ1n) is 20.5. The van der Waals surface area contributed by atoms with Crippen LogP contribution in [0.5, 0.6) is 0 Å². The van der Waals surface area contributed by atoms with E-state index >= 15 is 0 Å². The van der Waals surface area contributed by atoms with Crippen LogP contribution < -0.4 is 17.0 Å². The Kier molecular flexibility index (Phi) is 31.9. The Labute approximate surface area is 399 Å². The third kappa shape index (κ3) is 29.6. The number of carbonyl (C=O) groups is 6. The van der Waals surface area contributed by atoms with Gasteiger partial charge >= 0.3 is 47.3 Å². The second-order valence-corrected chi connectivity index (χ2v) is 18.1. The molecule has 17 heteroatoms. The van der Waals surface area contributed by atoms with E-state index in [2.05, 4.69) is 20.1 Å². The molecule has 3 rings (SSSR count). The van der Waals surface area contributed by atoms with Crippen LogP contribution in [0.3, 0.4) is 0 Å². The van der Waals surface area contributed by atoms with E-state index in [9.17, 15) is 33.9 Å². The largest absolute Gasteiger partial charge is 2.00 e. The molecule has 3 fully saturated rings. The maximum Gasteiger partial charge on any atom is 2.00 e. The van der Waals surface area contributed by atoms with Gasteiger partial charge in [-0.1, -0.05) is 27.0 Å². The van der Waals surface area contributed by atoms with Crippen LogP contribution in [-0.4, -0.2) is 145 Å². The molecule has 1 N–H and O–H groups in total. The van der Waals surface area contributed by atoms with Gasteiger partial charge in [-0.15, -0.1) is 0 Å². The zero-order chi connectivity index (χ0) is 46.6. The van der Waals surface area contributed by atoms with Crippen molar-refractivity contribution in [3.8, 4) is 0 Å². The first-order chi connectivity index (χ1) is 26.9. The van der Waals surface area contributed by atoms with E-state index in [1.165, 1.54) is 0 Å². The molecule has 14 nitrogen and oxygen atoms in total. The predicted molar refractivity (Wildman–Crippen MR) is 238 cm³/mol. The van der Waals surface area contributed by atoms with Crippen LogP contribution in [-0.2, 0) is 33.3 Å². The number of nitrogens with zero attached hydrogens (tertiary/aromatic N) is 3. The minimum atomic E-state index is -0.585. The van der Waals surface area contributed by atoms with Gasteiger partial charge in [-0.3, -0.25) is 9.59 Å². The van der Waals surface area contributed by atoms with Gasteiger partial charge in [0.05, 0.1) is 5.60 Å². The smallest absolute Gasteiger partial charge is 1.00 e. The van der Waals surface area contributed by atoms with E-state index in [1.807, 2.05) is 76.2 Å². The third-order valence-corrected chi connectivity index (χ3v) is 9.26. The molecule has 3 aliphatic heterocycles. The van der Waals surface area contributed by atoms with Crippen LogP contribution in [0.15, 0.2) is 24.3 Å². The molecule has 0 saturated carbocycles. The molecule has 0 unspecified atom stereocenters. The van der Waals surface area contributed by atoms with Crippen LogP contribution in [0.1, 0.15) is 148 Å².